The van der Waals surface area contributed by atoms with Crippen LogP contribution in [0.3, 0.4) is 0 Å². The first-order valence-electron chi connectivity index (χ1n) is 7.94. The highest BCUT2D eigenvalue weighted by Gasteiger charge is 2.07. The molecule has 0 aliphatic heterocycles. The quantitative estimate of drug-likeness (QED) is 0.689. The lowest BCUT2D eigenvalue weighted by atomic mass is 9.97. The van der Waals surface area contributed by atoms with E-state index in [4.69, 9.17) is 11.6 Å². The minimum atomic E-state index is -0.117. The predicted molar refractivity (Wildman–Crippen MR) is 102 cm³/mol. The van der Waals surface area contributed by atoms with Crippen molar-refractivity contribution in [1.82, 2.24) is 4.98 Å². The second-order valence-corrected chi connectivity index (χ2v) is 5.93. The predicted octanol–water partition coefficient (Wildman–Crippen LogP) is 5.20. The fourth-order valence-corrected chi connectivity index (χ4v) is 2.70. The normalized spacial score (nSPS) is 10.1. The maximum Gasteiger partial charge on any atom is 0.228 e. The number of carbonyl (C=O) groups excluding carboxylic acids is 1. The van der Waals surface area contributed by atoms with Gasteiger partial charge in [0.2, 0.25) is 5.91 Å². The Labute approximate surface area is 152 Å². The summed E-state index contributed by atoms with van der Waals surface area (Å²) in [6, 6.07) is 21.7. The molecule has 0 saturated heterocycles. The van der Waals surface area contributed by atoms with E-state index >= 15 is 0 Å². The van der Waals surface area contributed by atoms with E-state index in [0.717, 1.165) is 16.7 Å². The summed E-state index contributed by atoms with van der Waals surface area (Å²) < 4.78 is 0. The molecule has 3 rings (SSSR count). The van der Waals surface area contributed by atoms with Crippen LogP contribution in [0.15, 0.2) is 85.2 Å². The van der Waals surface area contributed by atoms with Gasteiger partial charge in [-0.3, -0.25) is 9.78 Å². The molecule has 3 nitrogen and oxygen atoms in total. The van der Waals surface area contributed by atoms with E-state index in [-0.39, 0.29) is 12.3 Å². The van der Waals surface area contributed by atoms with E-state index in [1.54, 1.807) is 12.3 Å². The van der Waals surface area contributed by atoms with Crippen LogP contribution >= 0.6 is 11.6 Å². The smallest absolute Gasteiger partial charge is 0.228 e. The number of carbonyl (C=O) groups is 1. The van der Waals surface area contributed by atoms with Gasteiger partial charge in [0.05, 0.1) is 16.9 Å². The van der Waals surface area contributed by atoms with Gasteiger partial charge < -0.3 is 5.32 Å². The number of nitrogens with one attached hydrogen (secondary N) is 1. The molecular weight excluding hydrogens is 332 g/mol. The number of nitrogens with zero attached hydrogens (tertiary/aromatic N) is 1. The van der Waals surface area contributed by atoms with Gasteiger partial charge in [-0.05, 0) is 22.8 Å². The van der Waals surface area contributed by atoms with Crippen molar-refractivity contribution in [3.8, 4) is 0 Å². The number of benzene rings is 2. The minimum absolute atomic E-state index is 0.117. The third-order valence-electron chi connectivity index (χ3n) is 3.65. The van der Waals surface area contributed by atoms with E-state index in [0.29, 0.717) is 10.7 Å². The molecule has 0 saturated carbocycles. The van der Waals surface area contributed by atoms with Crippen molar-refractivity contribution in [3.05, 3.63) is 101 Å². The molecular formula is C21H17ClN2O. The lowest BCUT2D eigenvalue weighted by Crippen LogP contribution is -2.10. The summed E-state index contributed by atoms with van der Waals surface area (Å²) in [7, 11) is 0. The molecule has 0 aliphatic rings. The molecule has 25 heavy (non-hydrogen) atoms. The third kappa shape index (κ3) is 4.78. The number of hydrogen-bond acceptors (Lipinski definition) is 2. The Bertz CT molecular complexity index is 835. The zero-order valence-corrected chi connectivity index (χ0v) is 14.3. The minimum Gasteiger partial charge on any atom is -0.324 e. The maximum absolute atomic E-state index is 12.3. The second kappa shape index (κ2) is 8.27. The molecule has 1 amide bonds. The summed E-state index contributed by atoms with van der Waals surface area (Å²) in [4.78, 5) is 16.2. The van der Waals surface area contributed by atoms with Gasteiger partial charge in [-0.1, -0.05) is 78.3 Å². The van der Waals surface area contributed by atoms with Crippen molar-refractivity contribution in [2.45, 2.75) is 6.42 Å². The average Bonchev–Trinajstić information content (AvgIpc) is 2.64. The molecule has 0 fully saturated rings. The molecule has 124 valence electrons. The van der Waals surface area contributed by atoms with Gasteiger partial charge in [-0.2, -0.15) is 0 Å². The summed E-state index contributed by atoms with van der Waals surface area (Å²) >= 11 is 5.89. The van der Waals surface area contributed by atoms with Gasteiger partial charge >= 0.3 is 0 Å². The fraction of sp³-hybridized carbons (Fsp3) is 0.0476. The molecule has 0 radical (unpaired) electrons. The SMILES string of the molecule is O=C(CC=C(c1ccccc1)c1ccccc1)Nc1cncc(Cl)c1. The van der Waals surface area contributed by atoms with Crippen LogP contribution in [-0.4, -0.2) is 10.9 Å². The fourth-order valence-electron chi connectivity index (χ4n) is 2.52. The highest BCUT2D eigenvalue weighted by atomic mass is 35.5. The lowest BCUT2D eigenvalue weighted by Gasteiger charge is -2.09. The number of halogens is 1. The first kappa shape index (κ1) is 16.9. The largest absolute Gasteiger partial charge is 0.324 e. The van der Waals surface area contributed by atoms with E-state index in [2.05, 4.69) is 10.3 Å². The highest BCUT2D eigenvalue weighted by molar-refractivity contribution is 6.30. The molecule has 0 bridgehead atoms. The van der Waals surface area contributed by atoms with Gasteiger partial charge in [-0.25, -0.2) is 0 Å². The summed E-state index contributed by atoms with van der Waals surface area (Å²) in [5.41, 5.74) is 3.77. The van der Waals surface area contributed by atoms with Crippen molar-refractivity contribution in [2.24, 2.45) is 0 Å². The molecule has 1 aromatic heterocycles. The van der Waals surface area contributed by atoms with Crippen molar-refractivity contribution >= 4 is 28.8 Å². The molecule has 3 aromatic rings. The monoisotopic (exact) mass is 348 g/mol. The van der Waals surface area contributed by atoms with Crippen molar-refractivity contribution in [1.29, 1.82) is 0 Å². The first-order valence-corrected chi connectivity index (χ1v) is 8.31. The molecule has 0 unspecified atom stereocenters. The van der Waals surface area contributed by atoms with Gasteiger partial charge in [0, 0.05) is 12.6 Å². The summed E-state index contributed by atoms with van der Waals surface area (Å²) in [6.07, 6.45) is 5.30. The number of anilines is 1. The average molecular weight is 349 g/mol. The summed E-state index contributed by atoms with van der Waals surface area (Å²) in [5, 5.41) is 3.30. The van der Waals surface area contributed by atoms with Gasteiger partial charge in [-0.15, -0.1) is 0 Å². The van der Waals surface area contributed by atoms with Crippen molar-refractivity contribution < 1.29 is 4.79 Å². The molecule has 1 heterocycles. The standard InChI is InChI=1S/C21H17ClN2O/c22-18-13-19(15-23-14-18)24-21(25)12-11-20(16-7-3-1-4-8-16)17-9-5-2-6-10-17/h1-11,13-15H,12H2,(H,24,25). The summed E-state index contributed by atoms with van der Waals surface area (Å²) in [5.74, 6) is -0.117. The van der Waals surface area contributed by atoms with Crippen LogP contribution in [0, 0.1) is 0 Å². The van der Waals surface area contributed by atoms with Crippen LogP contribution in [0.4, 0.5) is 5.69 Å². The zero-order chi connectivity index (χ0) is 17.5. The second-order valence-electron chi connectivity index (χ2n) is 5.49. The van der Waals surface area contributed by atoms with E-state index in [1.807, 2.05) is 66.7 Å². The van der Waals surface area contributed by atoms with Crippen LogP contribution < -0.4 is 5.32 Å². The van der Waals surface area contributed by atoms with Crippen molar-refractivity contribution in [3.63, 3.8) is 0 Å². The van der Waals surface area contributed by atoms with Crippen LogP contribution in [-0.2, 0) is 4.79 Å². The van der Waals surface area contributed by atoms with E-state index in [9.17, 15) is 4.79 Å². The zero-order valence-electron chi connectivity index (χ0n) is 13.5. The molecule has 0 atom stereocenters. The van der Waals surface area contributed by atoms with Crippen LogP contribution in [0.1, 0.15) is 17.5 Å². The van der Waals surface area contributed by atoms with Gasteiger partial charge in [0.1, 0.15) is 0 Å². The van der Waals surface area contributed by atoms with E-state index < -0.39 is 0 Å². The Hall–Kier alpha value is -2.91. The Balaban J connectivity index is 1.80. The number of hydrogen-bond donors (Lipinski definition) is 1. The summed E-state index contributed by atoms with van der Waals surface area (Å²) in [6.45, 7) is 0. The Morgan fingerprint density at radius 2 is 1.56 bits per heavy atom. The third-order valence-corrected chi connectivity index (χ3v) is 3.86. The molecule has 2 aromatic carbocycles. The van der Waals surface area contributed by atoms with Crippen LogP contribution in [0.25, 0.3) is 5.57 Å². The number of aromatic nitrogens is 1. The van der Waals surface area contributed by atoms with Crippen LogP contribution in [0.5, 0.6) is 0 Å². The number of pyridine rings is 1. The Morgan fingerprint density at radius 1 is 0.960 bits per heavy atom. The number of amides is 1. The van der Waals surface area contributed by atoms with Crippen molar-refractivity contribution in [2.75, 3.05) is 5.32 Å². The topological polar surface area (TPSA) is 42.0 Å². The van der Waals surface area contributed by atoms with Gasteiger partial charge in [0.15, 0.2) is 0 Å². The first-order chi connectivity index (χ1) is 12.2. The molecule has 0 spiro atoms. The number of rotatable bonds is 5. The Morgan fingerprint density at radius 3 is 2.12 bits per heavy atom. The van der Waals surface area contributed by atoms with Gasteiger partial charge in [0.25, 0.3) is 0 Å². The van der Waals surface area contributed by atoms with E-state index in [1.165, 1.54) is 6.20 Å². The molecule has 0 aliphatic carbocycles. The molecule has 4 heteroatoms. The Kier molecular flexibility index (Phi) is 5.60. The molecule has 1 N–H and O–H groups in total. The van der Waals surface area contributed by atoms with Crippen LogP contribution in [0.2, 0.25) is 5.02 Å². The maximum atomic E-state index is 12.3. The highest BCUT2D eigenvalue weighted by Crippen LogP contribution is 2.24. The lowest BCUT2D eigenvalue weighted by molar-refractivity contribution is -0.115.